The summed E-state index contributed by atoms with van der Waals surface area (Å²) in [4.78, 5) is 42.2. The van der Waals surface area contributed by atoms with Crippen molar-refractivity contribution in [3.05, 3.63) is 78.4 Å². The van der Waals surface area contributed by atoms with Gasteiger partial charge in [-0.3, -0.25) is 9.59 Å². The van der Waals surface area contributed by atoms with Crippen LogP contribution in [-0.2, 0) is 14.3 Å². The highest BCUT2D eigenvalue weighted by molar-refractivity contribution is 6.00. The van der Waals surface area contributed by atoms with Crippen LogP contribution < -0.4 is 10.6 Å². The second kappa shape index (κ2) is 13.5. The van der Waals surface area contributed by atoms with Gasteiger partial charge in [0, 0.05) is 11.7 Å². The highest BCUT2D eigenvalue weighted by Gasteiger charge is 2.37. The predicted molar refractivity (Wildman–Crippen MR) is 161 cm³/mol. The lowest BCUT2D eigenvalue weighted by molar-refractivity contribution is -0.143. The summed E-state index contributed by atoms with van der Waals surface area (Å²) in [5.74, 6) is -0.251. The van der Waals surface area contributed by atoms with Gasteiger partial charge in [0.25, 0.3) is 5.91 Å². The Hall–Kier alpha value is -3.87. The summed E-state index contributed by atoms with van der Waals surface area (Å²) < 4.78 is 5.38. The zero-order valence-electron chi connectivity index (χ0n) is 24.7. The van der Waals surface area contributed by atoms with Gasteiger partial charge in [0.15, 0.2) is 0 Å². The normalized spacial score (nSPS) is 13.8. The van der Waals surface area contributed by atoms with Crippen molar-refractivity contribution >= 4 is 34.4 Å². The van der Waals surface area contributed by atoms with Gasteiger partial charge in [0.1, 0.15) is 17.7 Å². The van der Waals surface area contributed by atoms with Crippen molar-refractivity contribution in [3.63, 3.8) is 0 Å². The molecule has 0 aromatic heterocycles. The number of hydrogen-bond donors (Lipinski definition) is 2. The molecule has 0 fully saturated rings. The minimum atomic E-state index is -0.912. The van der Waals surface area contributed by atoms with Gasteiger partial charge in [-0.05, 0) is 81.8 Å². The molecule has 0 bridgehead atoms. The molecule has 7 nitrogen and oxygen atoms in total. The van der Waals surface area contributed by atoms with Gasteiger partial charge in [-0.2, -0.15) is 0 Å². The first-order valence-electron chi connectivity index (χ1n) is 14.0. The van der Waals surface area contributed by atoms with E-state index >= 15 is 0 Å². The van der Waals surface area contributed by atoms with E-state index in [9.17, 15) is 14.4 Å². The van der Waals surface area contributed by atoms with Crippen molar-refractivity contribution in [2.75, 3.05) is 5.32 Å². The molecule has 0 spiro atoms. The largest absolute Gasteiger partial charge is 0.444 e. The van der Waals surface area contributed by atoms with Crippen LogP contribution in [0.25, 0.3) is 10.8 Å². The third-order valence-electron chi connectivity index (χ3n) is 6.65. The Morgan fingerprint density at radius 2 is 1.45 bits per heavy atom. The van der Waals surface area contributed by atoms with Crippen LogP contribution in [0.2, 0.25) is 0 Å². The topological polar surface area (TPSA) is 87.7 Å². The van der Waals surface area contributed by atoms with Gasteiger partial charge in [-0.1, -0.05) is 74.5 Å². The number of nitrogens with zero attached hydrogens (tertiary/aromatic N) is 1. The maximum Gasteiger partial charge on any atom is 0.408 e. The van der Waals surface area contributed by atoms with E-state index in [0.29, 0.717) is 23.6 Å². The lowest BCUT2D eigenvalue weighted by Crippen LogP contribution is -2.54. The third-order valence-corrected chi connectivity index (χ3v) is 6.65. The zero-order valence-corrected chi connectivity index (χ0v) is 24.7. The Morgan fingerprint density at radius 3 is 2.08 bits per heavy atom. The van der Waals surface area contributed by atoms with Crippen LogP contribution in [-0.4, -0.2) is 40.5 Å². The Labute approximate surface area is 238 Å². The molecule has 3 atom stereocenters. The summed E-state index contributed by atoms with van der Waals surface area (Å²) in [5.41, 5.74) is 0.630. The minimum absolute atomic E-state index is 0.273. The van der Waals surface area contributed by atoms with Gasteiger partial charge in [0.2, 0.25) is 5.91 Å². The fraction of sp³-hybridized carbons (Fsp3) is 0.424. The van der Waals surface area contributed by atoms with Crippen molar-refractivity contribution in [1.29, 1.82) is 0 Å². The van der Waals surface area contributed by atoms with Crippen LogP contribution in [0.5, 0.6) is 0 Å². The number of fused-ring (bicyclic) bond motifs is 1. The molecular weight excluding hydrogens is 502 g/mol. The highest BCUT2D eigenvalue weighted by atomic mass is 16.6. The number of alkyl carbamates (subject to hydrolysis) is 1. The maximum atomic E-state index is 14.1. The molecule has 0 aliphatic rings. The number of anilines is 1. The fourth-order valence-electron chi connectivity index (χ4n) is 4.63. The summed E-state index contributed by atoms with van der Waals surface area (Å²) in [6.45, 7) is 13.1. The Morgan fingerprint density at radius 1 is 0.825 bits per heavy atom. The quantitative estimate of drug-likeness (QED) is 0.285. The first-order valence-corrected chi connectivity index (χ1v) is 14.0. The molecule has 0 radical (unpaired) electrons. The molecule has 3 rings (SSSR count). The summed E-state index contributed by atoms with van der Waals surface area (Å²) in [7, 11) is 0. The SMILES string of the molecule is CC(C)CCC(C)N(C(=O)C(C)NC(=O)OC(C)(C)C)C(C(=O)Nc1ccc2ccccc2c1)c1ccccc1. The smallest absolute Gasteiger partial charge is 0.408 e. The lowest BCUT2D eigenvalue weighted by atomic mass is 9.97. The third kappa shape index (κ3) is 8.57. The van der Waals surface area contributed by atoms with E-state index in [2.05, 4.69) is 24.5 Å². The van der Waals surface area contributed by atoms with E-state index in [0.717, 1.165) is 17.2 Å². The average Bonchev–Trinajstić information content (AvgIpc) is 2.89. The fourth-order valence-corrected chi connectivity index (χ4v) is 4.63. The van der Waals surface area contributed by atoms with Crippen LogP contribution in [0.4, 0.5) is 10.5 Å². The van der Waals surface area contributed by atoms with Crippen LogP contribution in [0, 0.1) is 5.92 Å². The van der Waals surface area contributed by atoms with E-state index in [1.807, 2.05) is 79.7 Å². The molecule has 40 heavy (non-hydrogen) atoms. The first kappa shape index (κ1) is 30.7. The zero-order chi connectivity index (χ0) is 29.4. The number of amides is 3. The van der Waals surface area contributed by atoms with E-state index in [4.69, 9.17) is 4.74 Å². The molecule has 3 amide bonds. The summed E-state index contributed by atoms with van der Waals surface area (Å²) >= 11 is 0. The minimum Gasteiger partial charge on any atom is -0.444 e. The van der Waals surface area contributed by atoms with Gasteiger partial charge < -0.3 is 20.3 Å². The molecule has 2 N–H and O–H groups in total. The number of carbonyl (C=O) groups is 3. The van der Waals surface area contributed by atoms with Crippen LogP contribution in [0.3, 0.4) is 0 Å². The Balaban J connectivity index is 1.98. The Bertz CT molecular complexity index is 1300. The molecule has 3 aromatic rings. The van der Waals surface area contributed by atoms with Gasteiger partial charge in [-0.15, -0.1) is 0 Å². The molecule has 214 valence electrons. The van der Waals surface area contributed by atoms with Crippen molar-refractivity contribution in [2.24, 2.45) is 5.92 Å². The van der Waals surface area contributed by atoms with Crippen molar-refractivity contribution in [2.45, 2.75) is 85.0 Å². The number of ether oxygens (including phenoxy) is 1. The van der Waals surface area contributed by atoms with Crippen molar-refractivity contribution in [1.82, 2.24) is 10.2 Å². The van der Waals surface area contributed by atoms with Crippen molar-refractivity contribution in [3.8, 4) is 0 Å². The van der Waals surface area contributed by atoms with E-state index in [1.54, 1.807) is 32.6 Å². The van der Waals surface area contributed by atoms with E-state index in [1.165, 1.54) is 0 Å². The summed E-state index contributed by atoms with van der Waals surface area (Å²) in [6.07, 6.45) is 0.905. The van der Waals surface area contributed by atoms with Gasteiger partial charge in [0.05, 0.1) is 0 Å². The summed E-state index contributed by atoms with van der Waals surface area (Å²) in [5, 5.41) is 7.80. The van der Waals surface area contributed by atoms with E-state index in [-0.39, 0.29) is 17.9 Å². The summed E-state index contributed by atoms with van der Waals surface area (Å²) in [6, 6.07) is 20.9. The molecule has 3 aromatic carbocycles. The predicted octanol–water partition coefficient (Wildman–Crippen LogP) is 7.09. The number of nitrogens with one attached hydrogen (secondary N) is 2. The molecule has 0 aliphatic heterocycles. The molecule has 7 heteroatoms. The number of rotatable bonds is 10. The van der Waals surface area contributed by atoms with Crippen LogP contribution in [0.15, 0.2) is 72.8 Å². The van der Waals surface area contributed by atoms with Gasteiger partial charge >= 0.3 is 6.09 Å². The first-order chi connectivity index (χ1) is 18.9. The van der Waals surface area contributed by atoms with Crippen molar-refractivity contribution < 1.29 is 19.1 Å². The maximum absolute atomic E-state index is 14.1. The molecule has 0 aliphatic carbocycles. The molecule has 0 saturated heterocycles. The monoisotopic (exact) mass is 545 g/mol. The van der Waals surface area contributed by atoms with Crippen LogP contribution >= 0.6 is 0 Å². The number of benzene rings is 3. The Kier molecular flexibility index (Phi) is 10.3. The van der Waals surface area contributed by atoms with Crippen LogP contribution in [0.1, 0.15) is 72.9 Å². The second-order valence-corrected chi connectivity index (χ2v) is 11.8. The molecule has 0 heterocycles. The lowest BCUT2D eigenvalue weighted by Gasteiger charge is -2.38. The number of carbonyl (C=O) groups excluding carboxylic acids is 3. The number of hydrogen-bond acceptors (Lipinski definition) is 4. The molecule has 0 saturated carbocycles. The highest BCUT2D eigenvalue weighted by Crippen LogP contribution is 2.29. The van der Waals surface area contributed by atoms with Gasteiger partial charge in [-0.25, -0.2) is 4.79 Å². The van der Waals surface area contributed by atoms with E-state index < -0.39 is 23.8 Å². The second-order valence-electron chi connectivity index (χ2n) is 11.8. The molecular formula is C33H43N3O4. The average molecular weight is 546 g/mol. The standard InChI is InChI=1S/C33H43N3O4/c1-22(2)17-18-23(3)36(31(38)24(4)34-32(39)40-33(5,6)7)29(26-14-9-8-10-15-26)30(37)35-28-20-19-25-13-11-12-16-27(25)21-28/h8-16,19-24,29H,17-18H2,1-7H3,(H,34,39)(H,35,37). The molecule has 3 unspecified atom stereocenters.